The smallest absolute Gasteiger partial charge is 0.425 e. The summed E-state index contributed by atoms with van der Waals surface area (Å²) in [5, 5.41) is 3.21. The van der Waals surface area contributed by atoms with Gasteiger partial charge in [0, 0.05) is 17.8 Å². The number of halogens is 3. The maximum absolute atomic E-state index is 12.7. The molecule has 0 saturated carbocycles. The van der Waals surface area contributed by atoms with Crippen molar-refractivity contribution < 1.29 is 17.9 Å². The van der Waals surface area contributed by atoms with E-state index in [2.05, 4.69) is 24.1 Å². The highest BCUT2D eigenvalue weighted by Crippen LogP contribution is 2.27. The number of aromatic nitrogens is 1. The van der Waals surface area contributed by atoms with Crippen molar-refractivity contribution in [3.63, 3.8) is 0 Å². The van der Waals surface area contributed by atoms with E-state index in [1.165, 1.54) is 0 Å². The predicted octanol–water partition coefficient (Wildman–Crippen LogP) is 3.77. The standard InChI is InChI=1S/C15H23F3N2O/c1-9(2)7-19-8-13-10(3)6-11(4)20-14(13)21-12(5)15(16,17)18/h6,9,12,19H,7-8H2,1-5H3. The summed E-state index contributed by atoms with van der Waals surface area (Å²) < 4.78 is 43.0. The number of nitrogens with zero attached hydrogens (tertiary/aromatic N) is 1. The molecule has 3 nitrogen and oxygen atoms in total. The number of hydrogen-bond donors (Lipinski definition) is 1. The molecule has 1 unspecified atom stereocenters. The molecule has 1 rings (SSSR count). The van der Waals surface area contributed by atoms with Gasteiger partial charge in [-0.05, 0) is 44.9 Å². The van der Waals surface area contributed by atoms with E-state index in [1.54, 1.807) is 6.92 Å². The van der Waals surface area contributed by atoms with Gasteiger partial charge in [-0.1, -0.05) is 13.8 Å². The number of aryl methyl sites for hydroxylation is 2. The van der Waals surface area contributed by atoms with Gasteiger partial charge in [0.1, 0.15) is 0 Å². The van der Waals surface area contributed by atoms with Crippen LogP contribution < -0.4 is 10.1 Å². The van der Waals surface area contributed by atoms with E-state index in [-0.39, 0.29) is 5.88 Å². The highest BCUT2D eigenvalue weighted by atomic mass is 19.4. The summed E-state index contributed by atoms with van der Waals surface area (Å²) in [6, 6.07) is 1.84. The predicted molar refractivity (Wildman–Crippen MR) is 76.4 cm³/mol. The normalized spacial score (nSPS) is 13.6. The van der Waals surface area contributed by atoms with Gasteiger partial charge in [0.15, 0.2) is 6.10 Å². The first-order valence-electron chi connectivity index (χ1n) is 7.02. The molecule has 1 heterocycles. The maximum Gasteiger partial charge on any atom is 0.425 e. The van der Waals surface area contributed by atoms with Crippen LogP contribution in [-0.4, -0.2) is 23.8 Å². The first-order chi connectivity index (χ1) is 9.61. The molecule has 1 aromatic rings. The lowest BCUT2D eigenvalue weighted by atomic mass is 10.1. The molecule has 0 bridgehead atoms. The van der Waals surface area contributed by atoms with E-state index >= 15 is 0 Å². The van der Waals surface area contributed by atoms with Crippen molar-refractivity contribution in [3.05, 3.63) is 22.9 Å². The van der Waals surface area contributed by atoms with Crippen LogP contribution in [0.4, 0.5) is 13.2 Å². The summed E-state index contributed by atoms with van der Waals surface area (Å²) in [6.45, 7) is 9.94. The van der Waals surface area contributed by atoms with Crippen LogP contribution in [0.2, 0.25) is 0 Å². The molecule has 0 aliphatic heterocycles. The van der Waals surface area contributed by atoms with Gasteiger partial charge >= 0.3 is 6.18 Å². The Balaban J connectivity index is 2.95. The summed E-state index contributed by atoms with van der Waals surface area (Å²) >= 11 is 0. The minimum absolute atomic E-state index is 0.0635. The first kappa shape index (κ1) is 17.8. The second-order valence-corrected chi connectivity index (χ2v) is 5.69. The SMILES string of the molecule is Cc1cc(C)c(CNCC(C)C)c(OC(C)C(F)(F)F)n1. The third-order valence-electron chi connectivity index (χ3n) is 3.04. The van der Waals surface area contributed by atoms with Gasteiger partial charge in [-0.3, -0.25) is 0 Å². The lowest BCUT2D eigenvalue weighted by molar-refractivity contribution is -0.190. The fraction of sp³-hybridized carbons (Fsp3) is 0.667. The molecule has 120 valence electrons. The lowest BCUT2D eigenvalue weighted by Gasteiger charge is -2.20. The van der Waals surface area contributed by atoms with Crippen molar-refractivity contribution in [1.29, 1.82) is 0 Å². The summed E-state index contributed by atoms with van der Waals surface area (Å²) in [7, 11) is 0. The number of ether oxygens (including phenoxy) is 1. The van der Waals surface area contributed by atoms with E-state index in [0.29, 0.717) is 23.7 Å². The molecule has 0 radical (unpaired) electrons. The molecule has 0 fully saturated rings. The van der Waals surface area contributed by atoms with E-state index in [9.17, 15) is 13.2 Å². The largest absolute Gasteiger partial charge is 0.465 e. The molecular formula is C15H23F3N2O. The molecule has 0 amide bonds. The van der Waals surface area contributed by atoms with Gasteiger partial charge in [0.25, 0.3) is 0 Å². The third-order valence-corrected chi connectivity index (χ3v) is 3.04. The highest BCUT2D eigenvalue weighted by Gasteiger charge is 2.38. The van der Waals surface area contributed by atoms with Crippen molar-refractivity contribution in [2.75, 3.05) is 6.54 Å². The Bertz CT molecular complexity index is 473. The molecule has 0 spiro atoms. The average Bonchev–Trinajstić information content (AvgIpc) is 2.30. The monoisotopic (exact) mass is 304 g/mol. The summed E-state index contributed by atoms with van der Waals surface area (Å²) in [5.41, 5.74) is 2.20. The average molecular weight is 304 g/mol. The van der Waals surface area contributed by atoms with Gasteiger partial charge in [-0.25, -0.2) is 4.98 Å². The zero-order valence-electron chi connectivity index (χ0n) is 13.1. The Labute approximate surface area is 123 Å². The van der Waals surface area contributed by atoms with Crippen molar-refractivity contribution in [2.45, 2.75) is 53.4 Å². The first-order valence-corrected chi connectivity index (χ1v) is 7.02. The highest BCUT2D eigenvalue weighted by molar-refractivity contribution is 5.36. The van der Waals surface area contributed by atoms with Crippen LogP contribution >= 0.6 is 0 Å². The van der Waals surface area contributed by atoms with Gasteiger partial charge in [-0.15, -0.1) is 0 Å². The molecule has 6 heteroatoms. The minimum atomic E-state index is -4.40. The Morgan fingerprint density at radius 2 is 1.86 bits per heavy atom. The van der Waals surface area contributed by atoms with Crippen molar-refractivity contribution in [2.24, 2.45) is 5.92 Å². The quantitative estimate of drug-likeness (QED) is 0.868. The zero-order valence-corrected chi connectivity index (χ0v) is 13.1. The Kier molecular flexibility index (Phi) is 6.01. The summed E-state index contributed by atoms with van der Waals surface area (Å²) in [6.07, 6.45) is -6.28. The van der Waals surface area contributed by atoms with Crippen molar-refractivity contribution in [1.82, 2.24) is 10.3 Å². The van der Waals surface area contributed by atoms with Crippen LogP contribution in [-0.2, 0) is 6.54 Å². The van der Waals surface area contributed by atoms with Crippen LogP contribution in [0.15, 0.2) is 6.07 Å². The van der Waals surface area contributed by atoms with E-state index in [4.69, 9.17) is 4.74 Å². The van der Waals surface area contributed by atoms with E-state index in [1.807, 2.05) is 13.0 Å². The molecule has 0 saturated heterocycles. The van der Waals surface area contributed by atoms with Crippen molar-refractivity contribution in [3.8, 4) is 5.88 Å². The lowest BCUT2D eigenvalue weighted by Crippen LogP contribution is -2.32. The number of pyridine rings is 1. The third kappa shape index (κ3) is 5.53. The van der Waals surface area contributed by atoms with Crippen molar-refractivity contribution >= 4 is 0 Å². The summed E-state index contributed by atoms with van der Waals surface area (Å²) in [5.74, 6) is 0.524. The maximum atomic E-state index is 12.7. The molecule has 1 aromatic heterocycles. The Hall–Kier alpha value is -1.30. The minimum Gasteiger partial charge on any atom is -0.465 e. The molecule has 1 N–H and O–H groups in total. The van der Waals surface area contributed by atoms with Crippen LogP contribution in [0, 0.1) is 19.8 Å². The number of rotatable bonds is 6. The molecule has 1 atom stereocenters. The van der Waals surface area contributed by atoms with Gasteiger partial charge in [-0.2, -0.15) is 13.2 Å². The Morgan fingerprint density at radius 3 is 2.38 bits per heavy atom. The van der Waals surface area contributed by atoms with E-state index in [0.717, 1.165) is 19.0 Å². The zero-order chi connectivity index (χ0) is 16.2. The van der Waals surface area contributed by atoms with Crippen LogP contribution in [0.3, 0.4) is 0 Å². The van der Waals surface area contributed by atoms with Crippen LogP contribution in [0.1, 0.15) is 37.6 Å². The van der Waals surface area contributed by atoms with E-state index < -0.39 is 12.3 Å². The topological polar surface area (TPSA) is 34.1 Å². The fourth-order valence-corrected chi connectivity index (χ4v) is 1.86. The second-order valence-electron chi connectivity index (χ2n) is 5.69. The van der Waals surface area contributed by atoms with Gasteiger partial charge < -0.3 is 10.1 Å². The molecule has 21 heavy (non-hydrogen) atoms. The van der Waals surface area contributed by atoms with Crippen LogP contribution in [0.25, 0.3) is 0 Å². The van der Waals surface area contributed by atoms with Crippen LogP contribution in [0.5, 0.6) is 5.88 Å². The van der Waals surface area contributed by atoms with Gasteiger partial charge in [0.2, 0.25) is 5.88 Å². The summed E-state index contributed by atoms with van der Waals surface area (Å²) in [4.78, 5) is 4.12. The van der Waals surface area contributed by atoms with Gasteiger partial charge in [0.05, 0.1) is 0 Å². The second kappa shape index (κ2) is 7.11. The number of hydrogen-bond acceptors (Lipinski definition) is 3. The number of nitrogens with one attached hydrogen (secondary N) is 1. The molecule has 0 aliphatic rings. The Morgan fingerprint density at radius 1 is 1.24 bits per heavy atom. The number of alkyl halides is 3. The fourth-order valence-electron chi connectivity index (χ4n) is 1.86. The molecule has 0 aromatic carbocycles. The molecule has 0 aliphatic carbocycles. The molecular weight excluding hydrogens is 281 g/mol.